The number of nitrogens with two attached hydrogens (primary N) is 1. The summed E-state index contributed by atoms with van der Waals surface area (Å²) in [6.07, 6.45) is 2.37. The number of rotatable bonds is 2. The highest BCUT2D eigenvalue weighted by Crippen LogP contribution is 2.52. The topological polar surface area (TPSA) is 52.3 Å². The van der Waals surface area contributed by atoms with Gasteiger partial charge < -0.3 is 10.5 Å². The molecular weight excluding hydrogens is 226 g/mol. The van der Waals surface area contributed by atoms with Gasteiger partial charge in [-0.25, -0.2) is 0 Å². The maximum absolute atomic E-state index is 12.1. The van der Waals surface area contributed by atoms with Gasteiger partial charge >= 0.3 is 5.97 Å². The number of benzene rings is 1. The third-order valence-electron chi connectivity index (χ3n) is 4.17. The molecule has 2 fully saturated rings. The van der Waals surface area contributed by atoms with Crippen LogP contribution < -0.4 is 5.73 Å². The number of hydrogen-bond donors (Lipinski definition) is 1. The molecule has 1 saturated heterocycles. The van der Waals surface area contributed by atoms with Gasteiger partial charge in [0.1, 0.15) is 0 Å². The molecule has 2 N–H and O–H groups in total. The summed E-state index contributed by atoms with van der Waals surface area (Å²) in [6, 6.07) is 7.76. The summed E-state index contributed by atoms with van der Waals surface area (Å²) in [5.41, 5.74) is 8.42. The van der Waals surface area contributed by atoms with E-state index in [0.717, 1.165) is 24.1 Å². The molecular formula is C15H17NO2. The smallest absolute Gasteiger partial charge is 0.313 e. The zero-order valence-electron chi connectivity index (χ0n) is 10.3. The van der Waals surface area contributed by atoms with Gasteiger partial charge in [0.2, 0.25) is 0 Å². The molecule has 1 aliphatic carbocycles. The van der Waals surface area contributed by atoms with Crippen molar-refractivity contribution in [3.8, 4) is 0 Å². The summed E-state index contributed by atoms with van der Waals surface area (Å²) in [7, 11) is 0. The molecule has 1 aliphatic heterocycles. The van der Waals surface area contributed by atoms with Crippen molar-refractivity contribution in [2.75, 3.05) is 12.3 Å². The largest absolute Gasteiger partial charge is 0.465 e. The molecule has 18 heavy (non-hydrogen) atoms. The van der Waals surface area contributed by atoms with Gasteiger partial charge in [-0.15, -0.1) is 0 Å². The average Bonchev–Trinajstić information content (AvgIpc) is 2.76. The van der Waals surface area contributed by atoms with E-state index in [9.17, 15) is 4.79 Å². The predicted octanol–water partition coefficient (Wildman–Crippen LogP) is 2.32. The highest BCUT2D eigenvalue weighted by Gasteiger charge is 2.55. The van der Waals surface area contributed by atoms with Crippen LogP contribution in [-0.2, 0) is 16.0 Å². The number of fused-ring (bicyclic) bond motifs is 1. The van der Waals surface area contributed by atoms with Crippen molar-refractivity contribution in [3.63, 3.8) is 0 Å². The van der Waals surface area contributed by atoms with Crippen LogP contribution in [-0.4, -0.2) is 12.6 Å². The van der Waals surface area contributed by atoms with Crippen LogP contribution in [0.4, 0.5) is 5.69 Å². The van der Waals surface area contributed by atoms with Gasteiger partial charge in [0.05, 0.1) is 12.0 Å². The van der Waals surface area contributed by atoms with Gasteiger partial charge in [0, 0.05) is 11.6 Å². The molecule has 2 unspecified atom stereocenters. The van der Waals surface area contributed by atoms with Crippen LogP contribution in [0.25, 0.3) is 0 Å². The fourth-order valence-corrected chi connectivity index (χ4v) is 3.33. The van der Waals surface area contributed by atoms with Crippen molar-refractivity contribution < 1.29 is 9.53 Å². The van der Waals surface area contributed by atoms with Crippen molar-refractivity contribution in [1.82, 2.24) is 0 Å². The number of anilines is 1. The van der Waals surface area contributed by atoms with E-state index in [2.05, 4.69) is 6.58 Å². The molecule has 1 aromatic rings. The van der Waals surface area contributed by atoms with Crippen molar-refractivity contribution in [1.29, 1.82) is 0 Å². The lowest BCUT2D eigenvalue weighted by Crippen LogP contribution is -2.31. The standard InChI is InChI=1S/C15H17NO2/c1-10-5-12-9-18-14(17)15(12,7-10)8-11-3-2-4-13(16)6-11/h2-4,6,12H,1,5,7-9,16H2. The zero-order valence-corrected chi connectivity index (χ0v) is 10.3. The molecule has 2 aliphatic rings. The maximum atomic E-state index is 12.1. The number of carbonyl (C=O) groups is 1. The number of carbonyl (C=O) groups excluding carboxylic acids is 1. The van der Waals surface area contributed by atoms with E-state index in [1.165, 1.54) is 5.57 Å². The van der Waals surface area contributed by atoms with Crippen LogP contribution in [0, 0.1) is 11.3 Å². The van der Waals surface area contributed by atoms with Gasteiger partial charge in [-0.1, -0.05) is 24.3 Å². The third-order valence-corrected chi connectivity index (χ3v) is 4.17. The normalized spacial score (nSPS) is 30.3. The minimum atomic E-state index is -0.384. The third kappa shape index (κ3) is 1.62. The Morgan fingerprint density at radius 1 is 1.50 bits per heavy atom. The number of hydrogen-bond acceptors (Lipinski definition) is 3. The average molecular weight is 243 g/mol. The molecule has 1 heterocycles. The Morgan fingerprint density at radius 2 is 2.33 bits per heavy atom. The number of esters is 1. The van der Waals surface area contributed by atoms with E-state index < -0.39 is 0 Å². The fourth-order valence-electron chi connectivity index (χ4n) is 3.33. The first-order chi connectivity index (χ1) is 8.60. The fraction of sp³-hybridized carbons (Fsp3) is 0.400. The Morgan fingerprint density at radius 3 is 3.11 bits per heavy atom. The number of nitrogen functional groups attached to an aromatic ring is 1. The number of cyclic esters (lactones) is 1. The predicted molar refractivity (Wildman–Crippen MR) is 69.8 cm³/mol. The first-order valence-corrected chi connectivity index (χ1v) is 6.28. The monoisotopic (exact) mass is 243 g/mol. The van der Waals surface area contributed by atoms with Crippen LogP contribution >= 0.6 is 0 Å². The van der Waals surface area contributed by atoms with Gasteiger partial charge in [0.15, 0.2) is 0 Å². The lowest BCUT2D eigenvalue weighted by molar-refractivity contribution is -0.146. The van der Waals surface area contributed by atoms with Crippen molar-refractivity contribution in [2.45, 2.75) is 19.3 Å². The van der Waals surface area contributed by atoms with Gasteiger partial charge in [-0.05, 0) is 37.0 Å². The van der Waals surface area contributed by atoms with Crippen LogP contribution in [0.2, 0.25) is 0 Å². The van der Waals surface area contributed by atoms with Gasteiger partial charge in [0.25, 0.3) is 0 Å². The maximum Gasteiger partial charge on any atom is 0.313 e. The highest BCUT2D eigenvalue weighted by molar-refractivity contribution is 5.81. The summed E-state index contributed by atoms with van der Waals surface area (Å²) in [5, 5.41) is 0. The second kappa shape index (κ2) is 3.87. The molecule has 94 valence electrons. The Hall–Kier alpha value is -1.77. The van der Waals surface area contributed by atoms with Crippen molar-refractivity contribution in [3.05, 3.63) is 42.0 Å². The molecule has 0 bridgehead atoms. The van der Waals surface area contributed by atoms with Crippen LogP contribution in [0.1, 0.15) is 18.4 Å². The minimum absolute atomic E-state index is 0.0615. The molecule has 0 aromatic heterocycles. The lowest BCUT2D eigenvalue weighted by Gasteiger charge is -2.24. The molecule has 3 heteroatoms. The molecule has 3 nitrogen and oxygen atoms in total. The Bertz CT molecular complexity index is 523. The molecule has 1 saturated carbocycles. The Kier molecular flexibility index (Phi) is 2.44. The summed E-state index contributed by atoms with van der Waals surface area (Å²) in [5.74, 6) is 0.229. The van der Waals surface area contributed by atoms with Gasteiger partial charge in [-0.2, -0.15) is 0 Å². The molecule has 0 radical (unpaired) electrons. The first kappa shape index (κ1) is 11.3. The first-order valence-electron chi connectivity index (χ1n) is 6.28. The summed E-state index contributed by atoms with van der Waals surface area (Å²) < 4.78 is 5.26. The number of ether oxygens (including phenoxy) is 1. The van der Waals surface area contributed by atoms with E-state index in [4.69, 9.17) is 10.5 Å². The van der Waals surface area contributed by atoms with Crippen LogP contribution in [0.3, 0.4) is 0 Å². The quantitative estimate of drug-likeness (QED) is 0.492. The van der Waals surface area contributed by atoms with E-state index >= 15 is 0 Å². The van der Waals surface area contributed by atoms with E-state index in [0.29, 0.717) is 18.9 Å². The van der Waals surface area contributed by atoms with E-state index in [1.807, 2.05) is 24.3 Å². The summed E-state index contributed by atoms with van der Waals surface area (Å²) >= 11 is 0. The molecule has 0 amide bonds. The van der Waals surface area contributed by atoms with Crippen LogP contribution in [0.5, 0.6) is 0 Å². The second-order valence-corrected chi connectivity index (χ2v) is 5.50. The molecule has 2 atom stereocenters. The van der Waals surface area contributed by atoms with E-state index in [1.54, 1.807) is 0 Å². The van der Waals surface area contributed by atoms with E-state index in [-0.39, 0.29) is 11.4 Å². The van der Waals surface area contributed by atoms with Gasteiger partial charge in [-0.3, -0.25) is 4.79 Å². The summed E-state index contributed by atoms with van der Waals surface area (Å²) in [4.78, 5) is 12.1. The van der Waals surface area contributed by atoms with Crippen LogP contribution in [0.15, 0.2) is 36.4 Å². The zero-order chi connectivity index (χ0) is 12.8. The lowest BCUT2D eigenvalue weighted by atomic mass is 9.75. The number of allylic oxidation sites excluding steroid dienone is 1. The molecule has 0 spiro atoms. The second-order valence-electron chi connectivity index (χ2n) is 5.50. The Balaban J connectivity index is 1.94. The summed E-state index contributed by atoms with van der Waals surface area (Å²) in [6.45, 7) is 4.58. The highest BCUT2D eigenvalue weighted by atomic mass is 16.5. The van der Waals surface area contributed by atoms with Crippen molar-refractivity contribution >= 4 is 11.7 Å². The SMILES string of the molecule is C=C1CC2COC(=O)C2(Cc2cccc(N)c2)C1. The van der Waals surface area contributed by atoms with Crippen molar-refractivity contribution in [2.24, 2.45) is 11.3 Å². The molecule has 1 aromatic carbocycles. The Labute approximate surface area is 107 Å². The molecule has 3 rings (SSSR count). The minimum Gasteiger partial charge on any atom is -0.465 e.